The molecule has 0 aliphatic carbocycles. The molecule has 0 amide bonds. The molecule has 12 nitrogen and oxygen atoms in total. The topological polar surface area (TPSA) is 139 Å². The van der Waals surface area contributed by atoms with Crippen molar-refractivity contribution in [2.45, 2.75) is 51.5 Å². The third-order valence-electron chi connectivity index (χ3n) is 7.25. The van der Waals surface area contributed by atoms with Crippen LogP contribution in [0.25, 0.3) is 22.4 Å². The molecular formula is C28H36N8O4S. The van der Waals surface area contributed by atoms with Crippen molar-refractivity contribution in [3.8, 4) is 17.1 Å². The standard InChI is InChI=1S/C28H36N8O4S/c1-4-7-23-25-26(33-36(23)19-20-10-11-29-30-18-20)28(37)32-27(31-25)22-17-21(8-9-24(22)40-16-5-2)41(38,39)35-14-12-34(6-3)13-15-35/h8-11,17-18H,4-7,12-16,19H2,1-3H3,(H,31,32,37). The van der Waals surface area contributed by atoms with Gasteiger partial charge in [0.1, 0.15) is 17.1 Å². The Kier molecular flexibility index (Phi) is 8.76. The van der Waals surface area contributed by atoms with E-state index in [0.717, 1.165) is 30.6 Å². The van der Waals surface area contributed by atoms with Gasteiger partial charge in [0.2, 0.25) is 10.0 Å². The molecule has 3 aromatic heterocycles. The second-order valence-corrected chi connectivity index (χ2v) is 12.0. The number of nitrogens with one attached hydrogen (secondary N) is 1. The molecule has 1 fully saturated rings. The van der Waals surface area contributed by atoms with Crippen molar-refractivity contribution in [1.29, 1.82) is 0 Å². The Morgan fingerprint density at radius 3 is 2.49 bits per heavy atom. The van der Waals surface area contributed by atoms with E-state index in [1.807, 2.05) is 13.0 Å². The van der Waals surface area contributed by atoms with Gasteiger partial charge in [-0.1, -0.05) is 27.2 Å². The van der Waals surface area contributed by atoms with E-state index in [2.05, 4.69) is 39.0 Å². The van der Waals surface area contributed by atoms with Gasteiger partial charge >= 0.3 is 0 Å². The van der Waals surface area contributed by atoms with Gasteiger partial charge in [-0.2, -0.15) is 19.6 Å². The van der Waals surface area contributed by atoms with E-state index in [-0.39, 0.29) is 16.2 Å². The van der Waals surface area contributed by atoms with Gasteiger partial charge < -0.3 is 14.6 Å². The van der Waals surface area contributed by atoms with Crippen LogP contribution in [0.2, 0.25) is 0 Å². The summed E-state index contributed by atoms with van der Waals surface area (Å²) in [4.78, 5) is 23.4. The van der Waals surface area contributed by atoms with Gasteiger partial charge in [-0.15, -0.1) is 0 Å². The summed E-state index contributed by atoms with van der Waals surface area (Å²) < 4.78 is 36.6. The Hall–Kier alpha value is -3.68. The molecule has 41 heavy (non-hydrogen) atoms. The number of piperazine rings is 1. The molecule has 1 aliphatic heterocycles. The molecule has 1 N–H and O–H groups in total. The van der Waals surface area contributed by atoms with Crippen LogP contribution in [-0.4, -0.2) is 86.9 Å². The zero-order valence-electron chi connectivity index (χ0n) is 23.7. The number of likely N-dealkylation sites (N-methyl/N-ethyl adjacent to an activating group) is 1. The van der Waals surface area contributed by atoms with E-state index in [9.17, 15) is 13.2 Å². The minimum Gasteiger partial charge on any atom is -0.493 e. The lowest BCUT2D eigenvalue weighted by Gasteiger charge is -2.33. The van der Waals surface area contributed by atoms with Crippen molar-refractivity contribution >= 4 is 21.1 Å². The summed E-state index contributed by atoms with van der Waals surface area (Å²) in [5.41, 5.74) is 2.44. The minimum absolute atomic E-state index is 0.138. The first-order valence-electron chi connectivity index (χ1n) is 14.1. The number of benzene rings is 1. The van der Waals surface area contributed by atoms with Crippen molar-refractivity contribution in [3.05, 3.63) is 58.3 Å². The lowest BCUT2D eigenvalue weighted by molar-refractivity contribution is 0.196. The Balaban J connectivity index is 1.60. The summed E-state index contributed by atoms with van der Waals surface area (Å²) in [6.07, 6.45) is 5.52. The quantitative estimate of drug-likeness (QED) is 0.284. The largest absolute Gasteiger partial charge is 0.493 e. The molecule has 0 radical (unpaired) electrons. The molecule has 0 spiro atoms. The number of hydrogen-bond acceptors (Lipinski definition) is 9. The predicted molar refractivity (Wildman–Crippen MR) is 155 cm³/mol. The number of nitrogens with zero attached hydrogens (tertiary/aromatic N) is 7. The van der Waals surface area contributed by atoms with Gasteiger partial charge in [-0.25, -0.2) is 13.4 Å². The number of hydrogen-bond donors (Lipinski definition) is 1. The van der Waals surface area contributed by atoms with Gasteiger partial charge in [0, 0.05) is 32.4 Å². The highest BCUT2D eigenvalue weighted by Crippen LogP contribution is 2.32. The number of aryl methyl sites for hydroxylation is 1. The van der Waals surface area contributed by atoms with E-state index in [4.69, 9.17) is 9.72 Å². The fraction of sp³-hybridized carbons (Fsp3) is 0.464. The van der Waals surface area contributed by atoms with Crippen LogP contribution in [0.15, 0.2) is 46.3 Å². The lowest BCUT2D eigenvalue weighted by atomic mass is 10.1. The average Bonchev–Trinajstić information content (AvgIpc) is 3.33. The van der Waals surface area contributed by atoms with Crippen molar-refractivity contribution in [2.24, 2.45) is 0 Å². The molecule has 0 atom stereocenters. The van der Waals surface area contributed by atoms with Gasteiger partial charge in [-0.3, -0.25) is 9.48 Å². The van der Waals surface area contributed by atoms with Gasteiger partial charge in [-0.05, 0) is 49.2 Å². The molecule has 13 heteroatoms. The van der Waals surface area contributed by atoms with Crippen LogP contribution in [0.4, 0.5) is 0 Å². The number of ether oxygens (including phenoxy) is 1. The van der Waals surface area contributed by atoms with Crippen molar-refractivity contribution < 1.29 is 13.2 Å². The van der Waals surface area contributed by atoms with E-state index < -0.39 is 15.6 Å². The molecule has 4 aromatic rings. The molecule has 1 aromatic carbocycles. The maximum absolute atomic E-state index is 13.6. The summed E-state index contributed by atoms with van der Waals surface area (Å²) in [7, 11) is -3.76. The number of fused-ring (bicyclic) bond motifs is 1. The maximum atomic E-state index is 13.6. The highest BCUT2D eigenvalue weighted by Gasteiger charge is 2.29. The minimum atomic E-state index is -3.76. The second kappa shape index (κ2) is 12.5. The van der Waals surface area contributed by atoms with E-state index >= 15 is 0 Å². The zero-order chi connectivity index (χ0) is 29.0. The molecule has 218 valence electrons. The Morgan fingerprint density at radius 1 is 1.00 bits per heavy atom. The summed E-state index contributed by atoms with van der Waals surface area (Å²) in [6.45, 7) is 10.1. The molecular weight excluding hydrogens is 544 g/mol. The molecule has 0 unspecified atom stereocenters. The highest BCUT2D eigenvalue weighted by atomic mass is 32.2. The molecule has 5 rings (SSSR count). The van der Waals surface area contributed by atoms with E-state index in [1.54, 1.807) is 35.3 Å². The van der Waals surface area contributed by atoms with Crippen LogP contribution in [0, 0.1) is 0 Å². The van der Waals surface area contributed by atoms with Crippen LogP contribution in [-0.2, 0) is 23.0 Å². The zero-order valence-corrected chi connectivity index (χ0v) is 24.5. The summed E-state index contributed by atoms with van der Waals surface area (Å²) in [6, 6.07) is 6.62. The molecule has 0 bridgehead atoms. The number of rotatable bonds is 11. The first kappa shape index (κ1) is 28.8. The smallest absolute Gasteiger partial charge is 0.279 e. The Bertz CT molecular complexity index is 1660. The normalized spacial score (nSPS) is 15.0. The number of H-pyrrole nitrogens is 1. The fourth-order valence-electron chi connectivity index (χ4n) is 5.02. The van der Waals surface area contributed by atoms with Crippen LogP contribution >= 0.6 is 0 Å². The van der Waals surface area contributed by atoms with E-state index in [0.29, 0.717) is 62.6 Å². The number of sulfonamides is 1. The van der Waals surface area contributed by atoms with Crippen molar-refractivity contribution in [1.82, 2.24) is 39.2 Å². The van der Waals surface area contributed by atoms with Crippen molar-refractivity contribution in [2.75, 3.05) is 39.3 Å². The van der Waals surface area contributed by atoms with Crippen molar-refractivity contribution in [3.63, 3.8) is 0 Å². The monoisotopic (exact) mass is 580 g/mol. The van der Waals surface area contributed by atoms with Gasteiger partial charge in [0.05, 0.1) is 35.5 Å². The number of aromatic nitrogens is 6. The fourth-order valence-corrected chi connectivity index (χ4v) is 6.47. The summed E-state index contributed by atoms with van der Waals surface area (Å²) >= 11 is 0. The number of aromatic amines is 1. The van der Waals surface area contributed by atoms with Crippen LogP contribution in [0.3, 0.4) is 0 Å². The molecule has 0 saturated carbocycles. The first-order chi connectivity index (χ1) is 19.8. The summed E-state index contributed by atoms with van der Waals surface area (Å²) in [5.74, 6) is 0.695. The average molecular weight is 581 g/mol. The third-order valence-corrected chi connectivity index (χ3v) is 9.14. The Morgan fingerprint density at radius 2 is 1.80 bits per heavy atom. The maximum Gasteiger partial charge on any atom is 0.279 e. The van der Waals surface area contributed by atoms with E-state index in [1.165, 1.54) is 4.31 Å². The Labute approximate surface area is 239 Å². The SMILES string of the molecule is CCCOc1ccc(S(=O)(=O)N2CCN(CC)CC2)cc1-c1nc2c(CCC)n(Cc3ccnnc3)nc2c(=O)[nH]1. The molecule has 1 aliphatic rings. The van der Waals surface area contributed by atoms with Gasteiger partial charge in [0.25, 0.3) is 5.56 Å². The van der Waals surface area contributed by atoms with Crippen LogP contribution in [0.1, 0.15) is 44.9 Å². The van der Waals surface area contributed by atoms with Crippen LogP contribution in [0.5, 0.6) is 5.75 Å². The summed E-state index contributed by atoms with van der Waals surface area (Å²) in [5, 5.41) is 12.4. The highest BCUT2D eigenvalue weighted by molar-refractivity contribution is 7.89. The van der Waals surface area contributed by atoms with Gasteiger partial charge in [0.15, 0.2) is 5.52 Å². The second-order valence-electron chi connectivity index (χ2n) is 10.1. The molecule has 4 heterocycles. The predicted octanol–water partition coefficient (Wildman–Crippen LogP) is 2.69. The lowest BCUT2D eigenvalue weighted by Crippen LogP contribution is -2.48. The van der Waals surface area contributed by atoms with Crippen LogP contribution < -0.4 is 10.3 Å². The third kappa shape index (κ3) is 6.02. The molecule has 1 saturated heterocycles. The first-order valence-corrected chi connectivity index (χ1v) is 15.5.